The molecule has 4 fully saturated rings. The van der Waals surface area contributed by atoms with Crippen LogP contribution in [0, 0.1) is 24.7 Å². The zero-order chi connectivity index (χ0) is 19.1. The number of hydrogen-bond acceptors (Lipinski definition) is 5. The van der Waals surface area contributed by atoms with Crippen LogP contribution in [-0.2, 0) is 4.74 Å². The van der Waals surface area contributed by atoms with E-state index in [0.29, 0.717) is 29.1 Å². The van der Waals surface area contributed by atoms with Gasteiger partial charge in [-0.25, -0.2) is 14.6 Å². The second-order valence-electron chi connectivity index (χ2n) is 8.44. The van der Waals surface area contributed by atoms with Crippen molar-refractivity contribution < 1.29 is 14.3 Å². The van der Waals surface area contributed by atoms with Crippen molar-refractivity contribution >= 4 is 23.3 Å². The molecule has 2 aliphatic heterocycles. The molecule has 3 heterocycles. The van der Waals surface area contributed by atoms with E-state index in [2.05, 4.69) is 15.2 Å². The van der Waals surface area contributed by atoms with Gasteiger partial charge in [-0.15, -0.1) is 11.3 Å². The van der Waals surface area contributed by atoms with Crippen molar-refractivity contribution in [3.05, 3.63) is 15.6 Å². The fraction of sp³-hybridized carbons (Fsp3) is 0.750. The Labute approximate surface area is 164 Å². The zero-order valence-electron chi connectivity index (χ0n) is 16.4. The Morgan fingerprint density at radius 1 is 1.22 bits per heavy atom. The molecule has 2 aliphatic carbocycles. The second kappa shape index (κ2) is 7.41. The number of nitrogens with one attached hydrogen (secondary N) is 1. The maximum atomic E-state index is 13.0. The van der Waals surface area contributed by atoms with Crippen LogP contribution in [0.4, 0.5) is 4.79 Å². The molecule has 6 nitrogen and oxygen atoms in total. The number of aryl methyl sites for hydroxylation is 1. The third kappa shape index (κ3) is 3.71. The number of rotatable bonds is 4. The molecule has 7 heteroatoms. The van der Waals surface area contributed by atoms with Crippen molar-refractivity contribution in [2.24, 2.45) is 17.8 Å². The minimum Gasteiger partial charge on any atom is -0.462 e. The lowest BCUT2D eigenvalue weighted by atomic mass is 9.68. The first-order valence-electron chi connectivity index (χ1n) is 10.2. The number of fused-ring (bicyclic) bond motifs is 1. The monoisotopic (exact) mass is 391 g/mol. The van der Waals surface area contributed by atoms with E-state index in [4.69, 9.17) is 4.74 Å². The number of thiazole rings is 1. The second-order valence-corrected chi connectivity index (χ2v) is 9.47. The first-order valence-corrected chi connectivity index (χ1v) is 11.0. The van der Waals surface area contributed by atoms with Crippen LogP contribution in [-0.4, -0.2) is 41.1 Å². The van der Waals surface area contributed by atoms with Gasteiger partial charge >= 0.3 is 12.0 Å². The van der Waals surface area contributed by atoms with Gasteiger partial charge in [-0.2, -0.15) is 0 Å². The Kier molecular flexibility index (Phi) is 5.14. The number of hydrogen-bond donors (Lipinski definition) is 1. The molecule has 3 unspecified atom stereocenters. The number of carbonyl (C=O) groups is 2. The summed E-state index contributed by atoms with van der Waals surface area (Å²) in [5.74, 6) is 1.96. The Bertz CT molecular complexity index is 720. The number of carbonyl (C=O) groups excluding carboxylic acids is 2. The van der Waals surface area contributed by atoms with E-state index in [-0.39, 0.29) is 18.0 Å². The fourth-order valence-corrected chi connectivity index (χ4v) is 6.31. The van der Waals surface area contributed by atoms with Gasteiger partial charge in [-0.1, -0.05) is 0 Å². The van der Waals surface area contributed by atoms with Gasteiger partial charge in [0.15, 0.2) is 0 Å². The molecule has 2 amide bonds. The highest BCUT2D eigenvalue weighted by Crippen LogP contribution is 2.47. The Balaban J connectivity index is 1.44. The highest BCUT2D eigenvalue weighted by Gasteiger charge is 2.44. The van der Waals surface area contributed by atoms with E-state index < -0.39 is 0 Å². The van der Waals surface area contributed by atoms with E-state index >= 15 is 0 Å². The highest BCUT2D eigenvalue weighted by molar-refractivity contribution is 7.13. The van der Waals surface area contributed by atoms with Gasteiger partial charge in [-0.3, -0.25) is 0 Å². The molecular weight excluding hydrogens is 362 g/mol. The molecule has 4 bridgehead atoms. The topological polar surface area (TPSA) is 71.5 Å². The fourth-order valence-electron chi connectivity index (χ4n) is 5.35. The molecule has 2 saturated heterocycles. The summed E-state index contributed by atoms with van der Waals surface area (Å²) in [5.41, 5.74) is 0.667. The first kappa shape index (κ1) is 18.7. The molecule has 0 radical (unpaired) electrons. The molecule has 1 aromatic rings. The average molecular weight is 392 g/mol. The molecule has 1 N–H and O–H groups in total. The van der Waals surface area contributed by atoms with Crippen LogP contribution in [0.25, 0.3) is 0 Å². The van der Waals surface area contributed by atoms with Gasteiger partial charge in [0.05, 0.1) is 18.3 Å². The molecule has 1 aromatic heterocycles. The summed E-state index contributed by atoms with van der Waals surface area (Å²) in [7, 11) is 0. The number of amides is 2. The summed E-state index contributed by atoms with van der Waals surface area (Å²) in [4.78, 5) is 32.2. The van der Waals surface area contributed by atoms with Crippen LogP contribution < -0.4 is 5.32 Å². The van der Waals surface area contributed by atoms with Crippen molar-refractivity contribution in [1.29, 1.82) is 0 Å². The minimum absolute atomic E-state index is 0.0197. The molecule has 3 atom stereocenters. The molecule has 2 saturated carbocycles. The lowest BCUT2D eigenvalue weighted by molar-refractivity contribution is 0.0531. The van der Waals surface area contributed by atoms with Crippen molar-refractivity contribution in [3.8, 4) is 0 Å². The van der Waals surface area contributed by atoms with Crippen LogP contribution >= 0.6 is 11.3 Å². The standard InChI is InChI=1S/C20H29N3O3S/c1-4-26-19(24)17-11(2)21-18(27-17)12(3)22-20(25)23-10-15-6-13-5-14(7-15)9-16(23)8-13/h12-16H,4-10H2,1-3H3,(H,22,25). The van der Waals surface area contributed by atoms with E-state index in [0.717, 1.165) is 36.2 Å². The maximum Gasteiger partial charge on any atom is 0.350 e. The number of ether oxygens (including phenoxy) is 1. The van der Waals surface area contributed by atoms with E-state index in [9.17, 15) is 9.59 Å². The van der Waals surface area contributed by atoms with Crippen molar-refractivity contribution in [2.75, 3.05) is 13.2 Å². The molecule has 0 aromatic carbocycles. The zero-order valence-corrected chi connectivity index (χ0v) is 17.2. The average Bonchev–Trinajstić information content (AvgIpc) is 2.89. The SMILES string of the molecule is CCOC(=O)c1sc(C(C)NC(=O)N2CC3CC4CC(C3)CC2C4)nc1C. The van der Waals surface area contributed by atoms with Crippen molar-refractivity contribution in [3.63, 3.8) is 0 Å². The minimum atomic E-state index is -0.335. The Morgan fingerprint density at radius 2 is 1.89 bits per heavy atom. The lowest BCUT2D eigenvalue weighted by Crippen LogP contribution is -2.47. The molecule has 27 heavy (non-hydrogen) atoms. The van der Waals surface area contributed by atoms with Gasteiger partial charge in [0.1, 0.15) is 9.88 Å². The number of esters is 1. The van der Waals surface area contributed by atoms with Gasteiger partial charge in [0.2, 0.25) is 0 Å². The van der Waals surface area contributed by atoms with Crippen molar-refractivity contribution in [2.45, 2.75) is 65.0 Å². The van der Waals surface area contributed by atoms with Gasteiger partial charge in [0.25, 0.3) is 0 Å². The largest absolute Gasteiger partial charge is 0.462 e. The smallest absolute Gasteiger partial charge is 0.350 e. The van der Waals surface area contributed by atoms with Gasteiger partial charge in [-0.05, 0) is 70.6 Å². The predicted molar refractivity (Wildman–Crippen MR) is 104 cm³/mol. The summed E-state index contributed by atoms with van der Waals surface area (Å²) in [6.07, 6.45) is 6.28. The summed E-state index contributed by atoms with van der Waals surface area (Å²) in [5, 5.41) is 3.88. The summed E-state index contributed by atoms with van der Waals surface area (Å²) in [6, 6.07) is 0.190. The number of urea groups is 1. The van der Waals surface area contributed by atoms with Gasteiger partial charge < -0.3 is 15.0 Å². The van der Waals surface area contributed by atoms with Gasteiger partial charge in [0, 0.05) is 12.6 Å². The van der Waals surface area contributed by atoms with E-state index in [1.807, 2.05) is 13.8 Å². The summed E-state index contributed by atoms with van der Waals surface area (Å²) < 4.78 is 5.09. The summed E-state index contributed by atoms with van der Waals surface area (Å²) >= 11 is 1.32. The Morgan fingerprint density at radius 3 is 2.56 bits per heavy atom. The van der Waals surface area contributed by atoms with E-state index in [1.54, 1.807) is 6.92 Å². The lowest BCUT2D eigenvalue weighted by Gasteiger charge is -2.39. The maximum absolute atomic E-state index is 13.0. The molecule has 0 spiro atoms. The quantitative estimate of drug-likeness (QED) is 0.790. The molecule has 5 rings (SSSR count). The normalized spacial score (nSPS) is 30.1. The third-order valence-electron chi connectivity index (χ3n) is 6.35. The van der Waals surface area contributed by atoms with E-state index in [1.165, 1.54) is 30.6 Å². The van der Waals surface area contributed by atoms with Crippen molar-refractivity contribution in [1.82, 2.24) is 15.2 Å². The summed E-state index contributed by atoms with van der Waals surface area (Å²) in [6.45, 7) is 6.77. The third-order valence-corrected chi connectivity index (χ3v) is 7.67. The van der Waals surface area contributed by atoms with Crippen LogP contribution in [0.3, 0.4) is 0 Å². The Hall–Kier alpha value is -1.63. The molecule has 148 valence electrons. The van der Waals surface area contributed by atoms with Crippen LogP contribution in [0.2, 0.25) is 0 Å². The first-order chi connectivity index (χ1) is 12.9. The number of nitrogens with zero attached hydrogens (tertiary/aromatic N) is 2. The van der Waals surface area contributed by atoms with Crippen LogP contribution in [0.15, 0.2) is 0 Å². The van der Waals surface area contributed by atoms with Crippen LogP contribution in [0.5, 0.6) is 0 Å². The predicted octanol–water partition coefficient (Wildman–Crippen LogP) is 3.91. The van der Waals surface area contributed by atoms with Crippen LogP contribution in [0.1, 0.15) is 72.4 Å². The molecular formula is C20H29N3O3S. The highest BCUT2D eigenvalue weighted by atomic mass is 32.1. The number of aromatic nitrogens is 1. The molecule has 4 aliphatic rings.